The lowest BCUT2D eigenvalue weighted by Crippen LogP contribution is -2.26. The van der Waals surface area contributed by atoms with Crippen LogP contribution >= 0.6 is 11.6 Å². The number of benzene rings is 1. The SMILES string of the molecule is Cc1ccc(CN(C)C(=O)c2cc(-c3cccc(Cl)c3)n[nH]2)o1. The number of aromatic nitrogens is 2. The van der Waals surface area contributed by atoms with Crippen molar-refractivity contribution in [1.29, 1.82) is 0 Å². The fraction of sp³-hybridized carbons (Fsp3) is 0.176. The predicted molar refractivity (Wildman–Crippen MR) is 88.3 cm³/mol. The number of rotatable bonds is 4. The maximum absolute atomic E-state index is 12.5. The van der Waals surface area contributed by atoms with Gasteiger partial charge in [-0.2, -0.15) is 5.10 Å². The minimum absolute atomic E-state index is 0.153. The maximum atomic E-state index is 12.5. The van der Waals surface area contributed by atoms with Gasteiger partial charge in [0.1, 0.15) is 17.2 Å². The van der Waals surface area contributed by atoms with Crippen molar-refractivity contribution in [3.05, 3.63) is 64.7 Å². The minimum Gasteiger partial charge on any atom is -0.464 e. The Morgan fingerprint density at radius 3 is 2.83 bits per heavy atom. The molecule has 0 fully saturated rings. The first kappa shape index (κ1) is 15.4. The molecule has 1 amide bonds. The summed E-state index contributed by atoms with van der Waals surface area (Å²) >= 11 is 5.98. The number of furan rings is 1. The first-order valence-electron chi connectivity index (χ1n) is 7.15. The van der Waals surface area contributed by atoms with E-state index in [1.807, 2.05) is 31.2 Å². The van der Waals surface area contributed by atoms with E-state index in [1.54, 1.807) is 30.1 Å². The Labute approximate surface area is 138 Å². The largest absolute Gasteiger partial charge is 0.464 e. The Hall–Kier alpha value is -2.53. The van der Waals surface area contributed by atoms with Crippen LogP contribution in [0.2, 0.25) is 5.02 Å². The topological polar surface area (TPSA) is 62.1 Å². The average Bonchev–Trinajstić information content (AvgIpc) is 3.16. The van der Waals surface area contributed by atoms with E-state index in [4.69, 9.17) is 16.0 Å². The smallest absolute Gasteiger partial charge is 0.272 e. The van der Waals surface area contributed by atoms with E-state index in [-0.39, 0.29) is 5.91 Å². The van der Waals surface area contributed by atoms with Crippen molar-refractivity contribution < 1.29 is 9.21 Å². The van der Waals surface area contributed by atoms with E-state index in [2.05, 4.69) is 10.2 Å². The van der Waals surface area contributed by atoms with E-state index in [1.165, 1.54) is 0 Å². The van der Waals surface area contributed by atoms with Crippen molar-refractivity contribution in [1.82, 2.24) is 15.1 Å². The third-order valence-electron chi connectivity index (χ3n) is 3.46. The Bertz CT molecular complexity index is 838. The fourth-order valence-electron chi connectivity index (χ4n) is 2.31. The minimum atomic E-state index is -0.153. The van der Waals surface area contributed by atoms with Gasteiger partial charge in [-0.1, -0.05) is 23.7 Å². The predicted octanol–water partition coefficient (Wildman–Crippen LogP) is 3.90. The summed E-state index contributed by atoms with van der Waals surface area (Å²) in [4.78, 5) is 14.0. The van der Waals surface area contributed by atoms with Crippen molar-refractivity contribution in [2.75, 3.05) is 7.05 Å². The summed E-state index contributed by atoms with van der Waals surface area (Å²) in [6, 6.07) is 12.8. The van der Waals surface area contributed by atoms with Crippen LogP contribution in [0.3, 0.4) is 0 Å². The zero-order valence-electron chi connectivity index (χ0n) is 12.8. The molecule has 0 saturated heterocycles. The Morgan fingerprint density at radius 2 is 2.13 bits per heavy atom. The molecule has 23 heavy (non-hydrogen) atoms. The first-order chi connectivity index (χ1) is 11.0. The summed E-state index contributed by atoms with van der Waals surface area (Å²) in [6.45, 7) is 2.27. The Morgan fingerprint density at radius 1 is 1.30 bits per heavy atom. The highest BCUT2D eigenvalue weighted by molar-refractivity contribution is 6.30. The second-order valence-corrected chi connectivity index (χ2v) is 5.79. The van der Waals surface area contributed by atoms with Crippen molar-refractivity contribution in [3.63, 3.8) is 0 Å². The van der Waals surface area contributed by atoms with Gasteiger partial charge in [0.25, 0.3) is 5.91 Å². The highest BCUT2D eigenvalue weighted by Crippen LogP contribution is 2.22. The number of aromatic amines is 1. The van der Waals surface area contributed by atoms with Crippen LogP contribution in [0.25, 0.3) is 11.3 Å². The molecule has 3 rings (SSSR count). The van der Waals surface area contributed by atoms with Crippen molar-refractivity contribution >= 4 is 17.5 Å². The Kier molecular flexibility index (Phi) is 4.21. The quantitative estimate of drug-likeness (QED) is 0.789. The number of nitrogens with zero attached hydrogens (tertiary/aromatic N) is 2. The van der Waals surface area contributed by atoms with E-state index < -0.39 is 0 Å². The second-order valence-electron chi connectivity index (χ2n) is 5.35. The summed E-state index contributed by atoms with van der Waals surface area (Å²) in [5.74, 6) is 1.42. The average molecular weight is 330 g/mol. The fourth-order valence-corrected chi connectivity index (χ4v) is 2.50. The van der Waals surface area contributed by atoms with Crippen molar-refractivity contribution in [2.24, 2.45) is 0 Å². The number of hydrogen-bond acceptors (Lipinski definition) is 3. The summed E-state index contributed by atoms with van der Waals surface area (Å²) in [7, 11) is 1.72. The van der Waals surface area contributed by atoms with Crippen LogP contribution in [0.15, 0.2) is 46.9 Å². The summed E-state index contributed by atoms with van der Waals surface area (Å²) in [5.41, 5.74) is 1.96. The lowest BCUT2D eigenvalue weighted by molar-refractivity contribution is 0.0769. The van der Waals surface area contributed by atoms with E-state index in [9.17, 15) is 4.79 Å². The molecule has 0 spiro atoms. The third-order valence-corrected chi connectivity index (χ3v) is 3.70. The molecule has 0 aliphatic rings. The van der Waals surface area contributed by atoms with Gasteiger partial charge in [-0.05, 0) is 37.3 Å². The summed E-state index contributed by atoms with van der Waals surface area (Å²) in [5, 5.41) is 7.60. The zero-order chi connectivity index (χ0) is 16.4. The van der Waals surface area contributed by atoms with E-state index >= 15 is 0 Å². The molecule has 0 aliphatic carbocycles. The van der Waals surface area contributed by atoms with Crippen LogP contribution in [0, 0.1) is 6.92 Å². The van der Waals surface area contributed by atoms with Gasteiger partial charge in [0.05, 0.1) is 12.2 Å². The van der Waals surface area contributed by atoms with Crippen LogP contribution < -0.4 is 0 Å². The molecule has 6 heteroatoms. The monoisotopic (exact) mass is 329 g/mol. The van der Waals surface area contributed by atoms with E-state index in [0.29, 0.717) is 23.0 Å². The van der Waals surface area contributed by atoms with Gasteiger partial charge in [0.15, 0.2) is 0 Å². The molecule has 0 aliphatic heterocycles. The van der Waals surface area contributed by atoms with Gasteiger partial charge < -0.3 is 9.32 Å². The van der Waals surface area contributed by atoms with Crippen molar-refractivity contribution in [2.45, 2.75) is 13.5 Å². The molecule has 0 unspecified atom stereocenters. The maximum Gasteiger partial charge on any atom is 0.272 e. The van der Waals surface area contributed by atoms with Crippen LogP contribution in [-0.4, -0.2) is 28.1 Å². The molecule has 0 bridgehead atoms. The lowest BCUT2D eigenvalue weighted by Gasteiger charge is -2.14. The highest BCUT2D eigenvalue weighted by atomic mass is 35.5. The number of hydrogen-bond donors (Lipinski definition) is 1. The van der Waals surface area contributed by atoms with Crippen LogP contribution in [-0.2, 0) is 6.54 Å². The van der Waals surface area contributed by atoms with Gasteiger partial charge >= 0.3 is 0 Å². The van der Waals surface area contributed by atoms with Gasteiger partial charge in [-0.3, -0.25) is 9.89 Å². The number of halogens is 1. The summed E-state index contributed by atoms with van der Waals surface area (Å²) < 4.78 is 5.49. The van der Waals surface area contributed by atoms with Crippen LogP contribution in [0.4, 0.5) is 0 Å². The number of carbonyl (C=O) groups excluding carboxylic acids is 1. The third kappa shape index (κ3) is 3.46. The summed E-state index contributed by atoms with van der Waals surface area (Å²) in [6.07, 6.45) is 0. The number of amides is 1. The lowest BCUT2D eigenvalue weighted by atomic mass is 10.1. The van der Waals surface area contributed by atoms with Crippen LogP contribution in [0.5, 0.6) is 0 Å². The zero-order valence-corrected chi connectivity index (χ0v) is 13.6. The highest BCUT2D eigenvalue weighted by Gasteiger charge is 2.16. The molecule has 0 atom stereocenters. The van der Waals surface area contributed by atoms with Gasteiger partial charge in [-0.25, -0.2) is 0 Å². The number of carbonyl (C=O) groups is 1. The number of H-pyrrole nitrogens is 1. The number of aryl methyl sites for hydroxylation is 1. The Balaban J connectivity index is 1.75. The second kappa shape index (κ2) is 6.30. The molecule has 5 nitrogen and oxygen atoms in total. The molecule has 2 heterocycles. The molecule has 1 N–H and O–H groups in total. The molecule has 1 aromatic carbocycles. The molecule has 118 valence electrons. The molecular formula is C17H16ClN3O2. The molecular weight excluding hydrogens is 314 g/mol. The van der Waals surface area contributed by atoms with Gasteiger partial charge in [0.2, 0.25) is 0 Å². The van der Waals surface area contributed by atoms with Crippen molar-refractivity contribution in [3.8, 4) is 11.3 Å². The van der Waals surface area contributed by atoms with Crippen LogP contribution in [0.1, 0.15) is 22.0 Å². The first-order valence-corrected chi connectivity index (χ1v) is 7.53. The normalized spacial score (nSPS) is 10.7. The molecule has 2 aromatic heterocycles. The number of nitrogens with one attached hydrogen (secondary N) is 1. The van der Waals surface area contributed by atoms with Gasteiger partial charge in [0, 0.05) is 17.6 Å². The standard InChI is InChI=1S/C17H16ClN3O2/c1-11-6-7-14(23-11)10-21(2)17(22)16-9-15(19-20-16)12-4-3-5-13(18)8-12/h3-9H,10H2,1-2H3,(H,19,20). The molecule has 3 aromatic rings. The van der Waals surface area contributed by atoms with Gasteiger partial charge in [-0.15, -0.1) is 0 Å². The molecule has 0 radical (unpaired) electrons. The van der Waals surface area contributed by atoms with E-state index in [0.717, 1.165) is 17.1 Å². The molecule has 0 saturated carbocycles.